The van der Waals surface area contributed by atoms with E-state index in [4.69, 9.17) is 5.11 Å². The van der Waals surface area contributed by atoms with Crippen LogP contribution in [0.3, 0.4) is 0 Å². The number of aromatic carboxylic acids is 1. The third-order valence-electron chi connectivity index (χ3n) is 2.59. The number of nitrogens with zero attached hydrogens (tertiary/aromatic N) is 2. The smallest absolute Gasteiger partial charge is 0.338 e. The van der Waals surface area contributed by atoms with Gasteiger partial charge in [0.1, 0.15) is 5.82 Å². The molecule has 0 aliphatic heterocycles. The molecule has 1 N–H and O–H groups in total. The van der Waals surface area contributed by atoms with Crippen molar-refractivity contribution in [3.8, 4) is 0 Å². The summed E-state index contributed by atoms with van der Waals surface area (Å²) < 4.78 is 13.3. The molecule has 0 aliphatic rings. The Balaban J connectivity index is 2.14. The lowest BCUT2D eigenvalue weighted by molar-refractivity contribution is 0.0692. The highest BCUT2D eigenvalue weighted by molar-refractivity contribution is 7.98. The Morgan fingerprint density at radius 1 is 1.25 bits per heavy atom. The Morgan fingerprint density at radius 2 is 1.90 bits per heavy atom. The molecule has 0 saturated carbocycles. The minimum absolute atomic E-state index is 0.315. The maximum Gasteiger partial charge on any atom is 0.338 e. The van der Waals surface area contributed by atoms with Crippen molar-refractivity contribution in [2.24, 2.45) is 0 Å². The van der Waals surface area contributed by atoms with Crippen LogP contribution in [0.2, 0.25) is 0 Å². The molecule has 1 aromatic carbocycles. The second-order valence-corrected chi connectivity index (χ2v) is 5.28. The number of hydrogen-bond acceptors (Lipinski definition) is 4. The number of rotatable bonds is 4. The van der Waals surface area contributed by atoms with Gasteiger partial charge in [0.05, 0.1) is 5.56 Å². The van der Waals surface area contributed by atoms with E-state index in [-0.39, 0.29) is 5.56 Å². The van der Waals surface area contributed by atoms with Crippen molar-refractivity contribution in [1.82, 2.24) is 9.97 Å². The number of carboxylic acid groups (broad SMARTS) is 1. The van der Waals surface area contributed by atoms with Crippen LogP contribution in [0.4, 0.5) is 4.39 Å². The normalized spacial score (nSPS) is 10.6. The number of carboxylic acids is 1. The van der Waals surface area contributed by atoms with Gasteiger partial charge in [0.25, 0.3) is 0 Å². The van der Waals surface area contributed by atoms with E-state index < -0.39 is 11.8 Å². The van der Waals surface area contributed by atoms with Gasteiger partial charge in [0, 0.05) is 17.1 Å². The first-order chi connectivity index (χ1) is 9.45. The molecule has 0 bridgehead atoms. The average molecular weight is 292 g/mol. The molecule has 104 valence electrons. The first kappa shape index (κ1) is 14.5. The summed E-state index contributed by atoms with van der Waals surface area (Å²) in [6.07, 6.45) is 0. The molecule has 0 radical (unpaired) electrons. The topological polar surface area (TPSA) is 63.1 Å². The molecule has 0 fully saturated rings. The average Bonchev–Trinajstić information content (AvgIpc) is 2.36. The predicted molar refractivity (Wildman–Crippen MR) is 74.4 cm³/mol. The van der Waals surface area contributed by atoms with Crippen LogP contribution in [0.15, 0.2) is 29.4 Å². The van der Waals surface area contributed by atoms with Gasteiger partial charge >= 0.3 is 5.97 Å². The first-order valence-corrected chi connectivity index (χ1v) is 6.91. The maximum absolute atomic E-state index is 13.3. The van der Waals surface area contributed by atoms with Crippen LogP contribution in [0.25, 0.3) is 0 Å². The first-order valence-electron chi connectivity index (χ1n) is 5.92. The van der Waals surface area contributed by atoms with Crippen molar-refractivity contribution in [3.63, 3.8) is 0 Å². The Bertz CT molecular complexity index is 641. The molecule has 6 heteroatoms. The van der Waals surface area contributed by atoms with Crippen LogP contribution in [0.1, 0.15) is 27.3 Å². The van der Waals surface area contributed by atoms with Crippen molar-refractivity contribution in [1.29, 1.82) is 0 Å². The Morgan fingerprint density at radius 3 is 2.50 bits per heavy atom. The molecule has 0 unspecified atom stereocenters. The van der Waals surface area contributed by atoms with E-state index in [1.807, 2.05) is 19.9 Å². The molecule has 2 rings (SSSR count). The number of thioether (sulfide) groups is 1. The third-order valence-corrected chi connectivity index (χ3v) is 3.51. The third kappa shape index (κ3) is 3.54. The van der Waals surface area contributed by atoms with Gasteiger partial charge in [-0.3, -0.25) is 0 Å². The second-order valence-electron chi connectivity index (χ2n) is 4.34. The molecular formula is C14H13FN2O2S. The summed E-state index contributed by atoms with van der Waals surface area (Å²) in [5.41, 5.74) is 2.16. The Hall–Kier alpha value is -1.95. The number of halogens is 1. The minimum atomic E-state index is -1.27. The summed E-state index contributed by atoms with van der Waals surface area (Å²) in [6.45, 7) is 3.78. The highest BCUT2D eigenvalue weighted by Gasteiger charge is 2.11. The fourth-order valence-electron chi connectivity index (χ4n) is 1.73. The van der Waals surface area contributed by atoms with E-state index in [9.17, 15) is 9.18 Å². The maximum atomic E-state index is 13.3. The van der Waals surface area contributed by atoms with Gasteiger partial charge in [0.15, 0.2) is 5.16 Å². The molecule has 0 amide bonds. The Kier molecular flexibility index (Phi) is 4.34. The SMILES string of the molecule is Cc1cc(C)nc(SCc2ccc(F)c(C(=O)O)c2)n1. The summed E-state index contributed by atoms with van der Waals surface area (Å²) in [5, 5.41) is 9.51. The lowest BCUT2D eigenvalue weighted by atomic mass is 10.1. The van der Waals surface area contributed by atoms with Crippen LogP contribution >= 0.6 is 11.8 Å². The molecule has 0 spiro atoms. The molecule has 1 aromatic heterocycles. The highest BCUT2D eigenvalue weighted by atomic mass is 32.2. The van der Waals surface area contributed by atoms with E-state index in [1.165, 1.54) is 23.9 Å². The minimum Gasteiger partial charge on any atom is -0.478 e. The van der Waals surface area contributed by atoms with Gasteiger partial charge in [0.2, 0.25) is 0 Å². The van der Waals surface area contributed by atoms with Crippen LogP contribution in [-0.2, 0) is 5.75 Å². The van der Waals surface area contributed by atoms with E-state index in [0.717, 1.165) is 17.0 Å². The highest BCUT2D eigenvalue weighted by Crippen LogP contribution is 2.21. The lowest BCUT2D eigenvalue weighted by Gasteiger charge is -2.05. The van der Waals surface area contributed by atoms with Gasteiger partial charge < -0.3 is 5.11 Å². The van der Waals surface area contributed by atoms with E-state index in [2.05, 4.69) is 9.97 Å². The molecule has 2 aromatic rings. The number of hydrogen-bond donors (Lipinski definition) is 1. The number of aromatic nitrogens is 2. The summed E-state index contributed by atoms with van der Waals surface area (Å²) in [7, 11) is 0. The van der Waals surface area contributed by atoms with Crippen molar-refractivity contribution in [2.75, 3.05) is 0 Å². The zero-order chi connectivity index (χ0) is 14.7. The van der Waals surface area contributed by atoms with Gasteiger partial charge in [-0.15, -0.1) is 0 Å². The van der Waals surface area contributed by atoms with Gasteiger partial charge in [-0.1, -0.05) is 17.8 Å². The monoisotopic (exact) mass is 292 g/mol. The molecule has 20 heavy (non-hydrogen) atoms. The van der Waals surface area contributed by atoms with Crippen LogP contribution in [0, 0.1) is 19.7 Å². The van der Waals surface area contributed by atoms with Crippen LogP contribution < -0.4 is 0 Å². The fraction of sp³-hybridized carbons (Fsp3) is 0.214. The quantitative estimate of drug-likeness (QED) is 0.692. The summed E-state index contributed by atoms with van der Waals surface area (Å²) in [5.74, 6) is -1.50. The zero-order valence-corrected chi connectivity index (χ0v) is 11.9. The predicted octanol–water partition coefficient (Wildman–Crippen LogP) is 3.22. The number of carbonyl (C=O) groups is 1. The summed E-state index contributed by atoms with van der Waals surface area (Å²) >= 11 is 1.39. The van der Waals surface area contributed by atoms with Gasteiger partial charge in [-0.25, -0.2) is 19.2 Å². The van der Waals surface area contributed by atoms with Crippen molar-refractivity contribution < 1.29 is 14.3 Å². The van der Waals surface area contributed by atoms with E-state index in [1.54, 1.807) is 6.07 Å². The Labute approximate surface area is 120 Å². The summed E-state index contributed by atoms with van der Waals surface area (Å²) in [6, 6.07) is 5.96. The van der Waals surface area contributed by atoms with E-state index in [0.29, 0.717) is 10.9 Å². The van der Waals surface area contributed by atoms with Crippen molar-refractivity contribution >= 4 is 17.7 Å². The largest absolute Gasteiger partial charge is 0.478 e. The zero-order valence-electron chi connectivity index (χ0n) is 11.1. The lowest BCUT2D eigenvalue weighted by Crippen LogP contribution is -2.01. The molecule has 1 heterocycles. The molecule has 0 saturated heterocycles. The molecule has 4 nitrogen and oxygen atoms in total. The molecule has 0 atom stereocenters. The molecular weight excluding hydrogens is 279 g/mol. The van der Waals surface area contributed by atoms with E-state index >= 15 is 0 Å². The molecule has 0 aliphatic carbocycles. The van der Waals surface area contributed by atoms with Crippen LogP contribution in [0.5, 0.6) is 0 Å². The summed E-state index contributed by atoms with van der Waals surface area (Å²) in [4.78, 5) is 19.4. The van der Waals surface area contributed by atoms with Gasteiger partial charge in [-0.2, -0.15) is 0 Å². The van der Waals surface area contributed by atoms with Gasteiger partial charge in [-0.05, 0) is 37.6 Å². The number of aryl methyl sites for hydroxylation is 2. The van der Waals surface area contributed by atoms with Crippen molar-refractivity contribution in [2.45, 2.75) is 24.8 Å². The van der Waals surface area contributed by atoms with Crippen molar-refractivity contribution in [3.05, 3.63) is 52.6 Å². The number of benzene rings is 1. The standard InChI is InChI=1S/C14H13FN2O2S/c1-8-5-9(2)17-14(16-8)20-7-10-3-4-12(15)11(6-10)13(18)19/h3-6H,7H2,1-2H3,(H,18,19). The second kappa shape index (κ2) is 6.00. The van der Waals surface area contributed by atoms with Crippen LogP contribution in [-0.4, -0.2) is 21.0 Å². The fourth-order valence-corrected chi connectivity index (χ4v) is 2.62.